The van der Waals surface area contributed by atoms with E-state index in [-0.39, 0.29) is 30.4 Å². The van der Waals surface area contributed by atoms with Crippen molar-refractivity contribution < 1.29 is 9.53 Å². The monoisotopic (exact) mass is 468 g/mol. The van der Waals surface area contributed by atoms with Crippen LogP contribution in [0.1, 0.15) is 36.0 Å². The molecule has 0 atom stereocenters. The fourth-order valence-electron chi connectivity index (χ4n) is 3.74. The molecular formula is C24H29ClN6O2. The van der Waals surface area contributed by atoms with Crippen molar-refractivity contribution in [1.29, 1.82) is 0 Å². The molecule has 4 rings (SSSR count). The van der Waals surface area contributed by atoms with Crippen LogP contribution in [-0.2, 0) is 0 Å². The first-order valence-corrected chi connectivity index (χ1v) is 10.8. The van der Waals surface area contributed by atoms with Gasteiger partial charge in [-0.1, -0.05) is 18.2 Å². The Morgan fingerprint density at radius 1 is 0.939 bits per heavy atom. The van der Waals surface area contributed by atoms with Gasteiger partial charge in [0.15, 0.2) is 0 Å². The van der Waals surface area contributed by atoms with Crippen LogP contribution in [0.15, 0.2) is 60.9 Å². The Kier molecular flexibility index (Phi) is 8.43. The number of nitrogens with zero attached hydrogens (tertiary/aromatic N) is 4. The minimum atomic E-state index is -0.164. The van der Waals surface area contributed by atoms with E-state index in [1.54, 1.807) is 24.5 Å². The standard InChI is InChI=1S/C24H28N6O2.ClH/c1-30(2)21-14-16-26-24(29-21)28-18-12-10-17(11-13-18)27-22(31)20-9-6-15-25-23(20)32-19-7-4-3-5-8-19;/h3-9,14-18H,10-13H2,1-2H3,(H,27,31)(H,26,28,29);1H/t17-,18+;. The van der Waals surface area contributed by atoms with Crippen LogP contribution in [0.25, 0.3) is 0 Å². The van der Waals surface area contributed by atoms with E-state index >= 15 is 0 Å². The van der Waals surface area contributed by atoms with Crippen molar-refractivity contribution in [1.82, 2.24) is 20.3 Å². The van der Waals surface area contributed by atoms with Crippen molar-refractivity contribution in [2.75, 3.05) is 24.3 Å². The zero-order valence-electron chi connectivity index (χ0n) is 18.8. The molecule has 1 amide bonds. The lowest BCUT2D eigenvalue weighted by molar-refractivity contribution is 0.0923. The topological polar surface area (TPSA) is 92.3 Å². The van der Waals surface area contributed by atoms with Crippen molar-refractivity contribution in [3.05, 3.63) is 66.5 Å². The highest BCUT2D eigenvalue weighted by atomic mass is 35.5. The van der Waals surface area contributed by atoms with Crippen molar-refractivity contribution >= 4 is 30.1 Å². The molecule has 0 aliphatic heterocycles. The average molecular weight is 469 g/mol. The van der Waals surface area contributed by atoms with Gasteiger partial charge in [0.1, 0.15) is 17.1 Å². The number of pyridine rings is 1. The lowest BCUT2D eigenvalue weighted by atomic mass is 9.91. The SMILES string of the molecule is CN(C)c1ccnc(N[C@H]2CC[C@@H](NC(=O)c3cccnc3Oc3ccccc3)CC2)n1.Cl. The first-order valence-electron chi connectivity index (χ1n) is 10.8. The Balaban J connectivity index is 0.00000306. The van der Waals surface area contributed by atoms with Gasteiger partial charge in [-0.05, 0) is 56.0 Å². The van der Waals surface area contributed by atoms with Crippen LogP contribution in [0.4, 0.5) is 11.8 Å². The lowest BCUT2D eigenvalue weighted by Crippen LogP contribution is -2.40. The maximum Gasteiger partial charge on any atom is 0.257 e. The molecule has 2 N–H and O–H groups in total. The van der Waals surface area contributed by atoms with E-state index in [4.69, 9.17) is 4.74 Å². The summed E-state index contributed by atoms with van der Waals surface area (Å²) in [4.78, 5) is 28.0. The molecule has 0 radical (unpaired) electrons. The number of carbonyl (C=O) groups is 1. The molecule has 0 saturated heterocycles. The summed E-state index contributed by atoms with van der Waals surface area (Å²) in [5.41, 5.74) is 0.436. The Morgan fingerprint density at radius 2 is 1.67 bits per heavy atom. The van der Waals surface area contributed by atoms with Crippen LogP contribution < -0.4 is 20.3 Å². The number of nitrogens with one attached hydrogen (secondary N) is 2. The molecule has 1 aromatic carbocycles. The molecule has 9 heteroatoms. The number of halogens is 1. The summed E-state index contributed by atoms with van der Waals surface area (Å²) in [6.07, 6.45) is 7.01. The number of rotatable bonds is 7. The van der Waals surface area contributed by atoms with Gasteiger partial charge in [-0.15, -0.1) is 12.4 Å². The van der Waals surface area contributed by atoms with Gasteiger partial charge < -0.3 is 20.3 Å². The van der Waals surface area contributed by atoms with E-state index in [0.717, 1.165) is 31.5 Å². The molecule has 0 spiro atoms. The fourth-order valence-corrected chi connectivity index (χ4v) is 3.74. The number of hydrogen-bond acceptors (Lipinski definition) is 7. The van der Waals surface area contributed by atoms with Gasteiger partial charge in [0.05, 0.1) is 0 Å². The highest BCUT2D eigenvalue weighted by Gasteiger charge is 2.24. The number of benzene rings is 1. The zero-order chi connectivity index (χ0) is 22.3. The van der Waals surface area contributed by atoms with Gasteiger partial charge >= 0.3 is 0 Å². The first-order chi connectivity index (χ1) is 15.6. The Morgan fingerprint density at radius 3 is 2.39 bits per heavy atom. The van der Waals surface area contributed by atoms with E-state index in [9.17, 15) is 4.79 Å². The minimum Gasteiger partial charge on any atom is -0.438 e. The second-order valence-corrected chi connectivity index (χ2v) is 8.07. The average Bonchev–Trinajstić information content (AvgIpc) is 2.81. The smallest absolute Gasteiger partial charge is 0.257 e. The highest BCUT2D eigenvalue weighted by molar-refractivity contribution is 5.96. The summed E-state index contributed by atoms with van der Waals surface area (Å²) in [7, 11) is 3.91. The summed E-state index contributed by atoms with van der Waals surface area (Å²) < 4.78 is 5.83. The molecule has 174 valence electrons. The molecule has 2 heterocycles. The summed E-state index contributed by atoms with van der Waals surface area (Å²) in [5, 5.41) is 6.57. The fraction of sp³-hybridized carbons (Fsp3) is 0.333. The van der Waals surface area contributed by atoms with E-state index < -0.39 is 0 Å². The summed E-state index contributed by atoms with van der Waals surface area (Å²) in [6.45, 7) is 0. The number of anilines is 2. The molecule has 2 aromatic heterocycles. The number of amides is 1. The molecule has 1 fully saturated rings. The molecule has 1 saturated carbocycles. The molecule has 0 bridgehead atoms. The molecule has 0 unspecified atom stereocenters. The van der Waals surface area contributed by atoms with E-state index in [1.165, 1.54) is 0 Å². The van der Waals surface area contributed by atoms with Crippen LogP contribution in [0.5, 0.6) is 11.6 Å². The van der Waals surface area contributed by atoms with Crippen molar-refractivity contribution in [2.45, 2.75) is 37.8 Å². The number of hydrogen-bond donors (Lipinski definition) is 2. The Labute approximate surface area is 200 Å². The van der Waals surface area contributed by atoms with Gasteiger partial charge in [-0.25, -0.2) is 9.97 Å². The number of aromatic nitrogens is 3. The quantitative estimate of drug-likeness (QED) is 0.533. The second-order valence-electron chi connectivity index (χ2n) is 8.07. The van der Waals surface area contributed by atoms with Crippen LogP contribution in [0.3, 0.4) is 0 Å². The number of carbonyl (C=O) groups excluding carboxylic acids is 1. The van der Waals surface area contributed by atoms with Crippen LogP contribution >= 0.6 is 12.4 Å². The third kappa shape index (κ3) is 6.55. The van der Waals surface area contributed by atoms with Crippen molar-refractivity contribution in [3.63, 3.8) is 0 Å². The summed E-state index contributed by atoms with van der Waals surface area (Å²) in [5.74, 6) is 2.30. The van der Waals surface area contributed by atoms with Crippen LogP contribution in [0.2, 0.25) is 0 Å². The van der Waals surface area contributed by atoms with Gasteiger partial charge in [-0.3, -0.25) is 4.79 Å². The van der Waals surface area contributed by atoms with Crippen LogP contribution in [-0.4, -0.2) is 47.0 Å². The summed E-state index contributed by atoms with van der Waals surface area (Å²) >= 11 is 0. The molecular weight excluding hydrogens is 440 g/mol. The van der Waals surface area contributed by atoms with Gasteiger partial charge in [0.25, 0.3) is 5.91 Å². The minimum absolute atomic E-state index is 0. The van der Waals surface area contributed by atoms with E-state index in [1.807, 2.05) is 55.4 Å². The predicted molar refractivity (Wildman–Crippen MR) is 131 cm³/mol. The third-order valence-electron chi connectivity index (χ3n) is 5.47. The molecule has 8 nitrogen and oxygen atoms in total. The summed E-state index contributed by atoms with van der Waals surface area (Å²) in [6, 6.07) is 15.1. The van der Waals surface area contributed by atoms with Gasteiger partial charge in [0.2, 0.25) is 11.8 Å². The first kappa shape index (κ1) is 24.3. The van der Waals surface area contributed by atoms with Gasteiger partial charge in [0, 0.05) is 38.6 Å². The van der Waals surface area contributed by atoms with Gasteiger partial charge in [-0.2, -0.15) is 4.98 Å². The Bertz CT molecular complexity index is 1040. The largest absolute Gasteiger partial charge is 0.438 e. The van der Waals surface area contributed by atoms with E-state index in [0.29, 0.717) is 23.1 Å². The highest BCUT2D eigenvalue weighted by Crippen LogP contribution is 2.25. The molecule has 1 aliphatic rings. The maximum atomic E-state index is 12.9. The molecule has 3 aromatic rings. The lowest BCUT2D eigenvalue weighted by Gasteiger charge is -2.30. The molecule has 33 heavy (non-hydrogen) atoms. The number of ether oxygens (including phenoxy) is 1. The predicted octanol–water partition coefficient (Wildman–Crippen LogP) is 4.30. The number of para-hydroxylation sites is 1. The van der Waals surface area contributed by atoms with Crippen molar-refractivity contribution in [3.8, 4) is 11.6 Å². The normalized spacial score (nSPS) is 17.4. The third-order valence-corrected chi connectivity index (χ3v) is 5.47. The Hall–Kier alpha value is -3.39. The molecule has 1 aliphatic carbocycles. The van der Waals surface area contributed by atoms with Crippen LogP contribution in [0, 0.1) is 0 Å². The second kappa shape index (κ2) is 11.5. The van der Waals surface area contributed by atoms with E-state index in [2.05, 4.69) is 25.6 Å². The zero-order valence-corrected chi connectivity index (χ0v) is 19.6. The maximum absolute atomic E-state index is 12.9. The van der Waals surface area contributed by atoms with Crippen molar-refractivity contribution in [2.24, 2.45) is 0 Å².